The number of methoxy groups -OCH3 is 1. The molecule has 2 rings (SSSR count). The van der Waals surface area contributed by atoms with E-state index in [0.29, 0.717) is 0 Å². The van der Waals surface area contributed by atoms with E-state index in [1.54, 1.807) is 0 Å². The number of rotatable bonds is 2. The van der Waals surface area contributed by atoms with Gasteiger partial charge in [0.25, 0.3) is 0 Å². The Kier molecular flexibility index (Phi) is 3.84. The summed E-state index contributed by atoms with van der Waals surface area (Å²) in [6, 6.07) is 7.85. The molecule has 1 aromatic rings. The molecule has 0 amide bonds. The summed E-state index contributed by atoms with van der Waals surface area (Å²) < 4.78 is 5.98. The topological polar surface area (TPSA) is 38.3 Å². The molecule has 1 aliphatic heterocycles. The van der Waals surface area contributed by atoms with E-state index in [0.717, 1.165) is 35.8 Å². The minimum Gasteiger partial charge on any atom is -0.467 e. The maximum atomic E-state index is 12.1. The van der Waals surface area contributed by atoms with Gasteiger partial charge >= 0.3 is 5.97 Å². The summed E-state index contributed by atoms with van der Waals surface area (Å²) >= 11 is 3.40. The second kappa shape index (κ2) is 5.19. The highest BCUT2D eigenvalue weighted by atomic mass is 79.9. The third-order valence-electron chi connectivity index (χ3n) is 3.28. The Morgan fingerprint density at radius 1 is 1.35 bits per heavy atom. The van der Waals surface area contributed by atoms with Crippen molar-refractivity contribution >= 4 is 21.9 Å². The van der Waals surface area contributed by atoms with E-state index in [2.05, 4.69) is 21.2 Å². The summed E-state index contributed by atoms with van der Waals surface area (Å²) in [6.45, 7) is 0.852. The smallest absolute Gasteiger partial charge is 0.330 e. The molecule has 0 aliphatic carbocycles. The van der Waals surface area contributed by atoms with Crippen LogP contribution in [0.15, 0.2) is 28.7 Å². The van der Waals surface area contributed by atoms with Crippen LogP contribution in [0.25, 0.3) is 0 Å². The predicted octanol–water partition coefficient (Wildman–Crippen LogP) is 2.59. The number of esters is 1. The Hall–Kier alpha value is -0.870. The van der Waals surface area contributed by atoms with Gasteiger partial charge in [-0.25, -0.2) is 4.79 Å². The van der Waals surface area contributed by atoms with Crippen LogP contribution >= 0.6 is 15.9 Å². The normalized spacial score (nSPS) is 24.4. The van der Waals surface area contributed by atoms with Gasteiger partial charge in [-0.15, -0.1) is 0 Å². The molecule has 1 fully saturated rings. The van der Waals surface area contributed by atoms with Crippen molar-refractivity contribution in [1.29, 1.82) is 0 Å². The first-order valence-electron chi connectivity index (χ1n) is 5.78. The average molecular weight is 298 g/mol. The van der Waals surface area contributed by atoms with Crippen LogP contribution in [0.2, 0.25) is 0 Å². The van der Waals surface area contributed by atoms with E-state index in [1.165, 1.54) is 7.11 Å². The zero-order valence-electron chi connectivity index (χ0n) is 9.83. The average Bonchev–Trinajstić information content (AvgIpc) is 2.39. The summed E-state index contributed by atoms with van der Waals surface area (Å²) in [6.07, 6.45) is 2.94. The Morgan fingerprint density at radius 3 is 2.59 bits per heavy atom. The monoisotopic (exact) mass is 297 g/mol. The van der Waals surface area contributed by atoms with Gasteiger partial charge in [-0.05, 0) is 43.5 Å². The molecule has 0 aromatic heterocycles. The number of hydrogen-bond donors (Lipinski definition) is 1. The van der Waals surface area contributed by atoms with Crippen molar-refractivity contribution in [3.05, 3.63) is 34.3 Å². The molecule has 1 N–H and O–H groups in total. The molecule has 92 valence electrons. The van der Waals surface area contributed by atoms with E-state index in [-0.39, 0.29) is 5.97 Å². The van der Waals surface area contributed by atoms with Gasteiger partial charge in [0, 0.05) is 4.47 Å². The number of carbonyl (C=O) groups is 1. The van der Waals surface area contributed by atoms with Crippen LogP contribution < -0.4 is 5.32 Å². The third-order valence-corrected chi connectivity index (χ3v) is 3.80. The van der Waals surface area contributed by atoms with Gasteiger partial charge in [0.2, 0.25) is 0 Å². The molecular formula is C13H16BrNO2. The number of benzene rings is 1. The zero-order chi connectivity index (χ0) is 12.3. The van der Waals surface area contributed by atoms with Crippen LogP contribution in [0.3, 0.4) is 0 Å². The van der Waals surface area contributed by atoms with Crippen LogP contribution in [0.4, 0.5) is 0 Å². The minimum absolute atomic E-state index is 0.195. The lowest BCUT2D eigenvalue weighted by Gasteiger charge is -2.36. The van der Waals surface area contributed by atoms with Gasteiger partial charge in [0.05, 0.1) is 7.11 Å². The number of nitrogens with one attached hydrogen (secondary N) is 1. The second-order valence-electron chi connectivity index (χ2n) is 4.29. The van der Waals surface area contributed by atoms with E-state index < -0.39 is 5.54 Å². The fourth-order valence-electron chi connectivity index (χ4n) is 2.35. The van der Waals surface area contributed by atoms with Crippen LogP contribution in [-0.2, 0) is 15.1 Å². The van der Waals surface area contributed by atoms with Gasteiger partial charge in [-0.1, -0.05) is 28.1 Å². The van der Waals surface area contributed by atoms with E-state index >= 15 is 0 Å². The summed E-state index contributed by atoms with van der Waals surface area (Å²) in [5, 5.41) is 3.33. The van der Waals surface area contributed by atoms with Crippen molar-refractivity contribution in [2.75, 3.05) is 13.7 Å². The van der Waals surface area contributed by atoms with Crippen molar-refractivity contribution in [3.8, 4) is 0 Å². The summed E-state index contributed by atoms with van der Waals surface area (Å²) in [7, 11) is 1.44. The van der Waals surface area contributed by atoms with Crippen LogP contribution in [0.1, 0.15) is 24.8 Å². The molecule has 1 aromatic carbocycles. The second-order valence-corrected chi connectivity index (χ2v) is 5.20. The number of halogens is 1. The maximum Gasteiger partial charge on any atom is 0.330 e. The lowest BCUT2D eigenvalue weighted by atomic mass is 9.82. The fourth-order valence-corrected chi connectivity index (χ4v) is 2.62. The molecule has 0 saturated carbocycles. The molecule has 1 atom stereocenters. The molecule has 17 heavy (non-hydrogen) atoms. The van der Waals surface area contributed by atoms with Crippen LogP contribution in [-0.4, -0.2) is 19.6 Å². The number of ether oxygens (including phenoxy) is 1. The highest BCUT2D eigenvalue weighted by molar-refractivity contribution is 9.10. The van der Waals surface area contributed by atoms with Crippen LogP contribution in [0.5, 0.6) is 0 Å². The highest BCUT2D eigenvalue weighted by Crippen LogP contribution is 2.32. The van der Waals surface area contributed by atoms with E-state index in [9.17, 15) is 4.79 Å². The molecule has 0 bridgehead atoms. The fraction of sp³-hybridized carbons (Fsp3) is 0.462. The molecule has 4 heteroatoms. The van der Waals surface area contributed by atoms with Crippen molar-refractivity contribution in [3.63, 3.8) is 0 Å². The van der Waals surface area contributed by atoms with Gasteiger partial charge in [-0.3, -0.25) is 5.32 Å². The lowest BCUT2D eigenvalue weighted by Crippen LogP contribution is -2.52. The molecule has 0 radical (unpaired) electrons. The molecule has 1 unspecified atom stereocenters. The SMILES string of the molecule is COC(=O)C1(c2ccc(Br)cc2)CCCCN1. The minimum atomic E-state index is -0.659. The molecule has 1 saturated heterocycles. The Balaban J connectivity index is 2.38. The standard InChI is InChI=1S/C13H16BrNO2/c1-17-12(16)13(8-2-3-9-15-13)10-4-6-11(14)7-5-10/h4-7,15H,2-3,8-9H2,1H3. The van der Waals surface area contributed by atoms with Crippen LogP contribution in [0, 0.1) is 0 Å². The van der Waals surface area contributed by atoms with Crippen molar-refractivity contribution in [1.82, 2.24) is 5.32 Å². The number of hydrogen-bond acceptors (Lipinski definition) is 3. The molecule has 1 aliphatic rings. The molecule has 0 spiro atoms. The van der Waals surface area contributed by atoms with E-state index in [4.69, 9.17) is 4.74 Å². The highest BCUT2D eigenvalue weighted by Gasteiger charge is 2.42. The Bertz CT molecular complexity index is 396. The summed E-state index contributed by atoms with van der Waals surface area (Å²) in [5.74, 6) is -0.195. The first kappa shape index (κ1) is 12.6. The zero-order valence-corrected chi connectivity index (χ0v) is 11.4. The van der Waals surface area contributed by atoms with Gasteiger partial charge in [0.1, 0.15) is 5.54 Å². The third kappa shape index (κ3) is 2.38. The molecular weight excluding hydrogens is 282 g/mol. The lowest BCUT2D eigenvalue weighted by molar-refractivity contribution is -0.150. The predicted molar refractivity (Wildman–Crippen MR) is 69.7 cm³/mol. The summed E-state index contributed by atoms with van der Waals surface area (Å²) in [4.78, 5) is 12.1. The van der Waals surface area contributed by atoms with Gasteiger partial charge in [-0.2, -0.15) is 0 Å². The molecule has 3 nitrogen and oxygen atoms in total. The van der Waals surface area contributed by atoms with Gasteiger partial charge < -0.3 is 4.74 Å². The Labute approximate surface area is 110 Å². The number of piperidine rings is 1. The largest absolute Gasteiger partial charge is 0.467 e. The van der Waals surface area contributed by atoms with Gasteiger partial charge in [0.15, 0.2) is 0 Å². The molecule has 1 heterocycles. The quantitative estimate of drug-likeness (QED) is 0.853. The van der Waals surface area contributed by atoms with Crippen molar-refractivity contribution < 1.29 is 9.53 Å². The maximum absolute atomic E-state index is 12.1. The first-order chi connectivity index (χ1) is 8.19. The first-order valence-corrected chi connectivity index (χ1v) is 6.58. The number of carbonyl (C=O) groups excluding carboxylic acids is 1. The Morgan fingerprint density at radius 2 is 2.06 bits per heavy atom. The van der Waals surface area contributed by atoms with Crippen molar-refractivity contribution in [2.24, 2.45) is 0 Å². The van der Waals surface area contributed by atoms with E-state index in [1.807, 2.05) is 24.3 Å². The van der Waals surface area contributed by atoms with Crippen molar-refractivity contribution in [2.45, 2.75) is 24.8 Å². The summed E-state index contributed by atoms with van der Waals surface area (Å²) in [5.41, 5.74) is 0.320.